The number of anilines is 1. The van der Waals surface area contributed by atoms with E-state index in [2.05, 4.69) is 29.1 Å². The van der Waals surface area contributed by atoms with Crippen molar-refractivity contribution in [1.29, 1.82) is 0 Å². The van der Waals surface area contributed by atoms with E-state index in [4.69, 9.17) is 16.3 Å². The highest BCUT2D eigenvalue weighted by atomic mass is 35.5. The second-order valence-corrected chi connectivity index (χ2v) is 4.58. The first-order valence-electron chi connectivity index (χ1n) is 5.30. The minimum Gasteiger partial charge on any atom is -0.481 e. The molecule has 1 aromatic rings. The number of rotatable bonds is 5. The van der Waals surface area contributed by atoms with E-state index in [-0.39, 0.29) is 5.38 Å². The van der Waals surface area contributed by atoms with Gasteiger partial charge in [0.15, 0.2) is 0 Å². The molecule has 0 fully saturated rings. The summed E-state index contributed by atoms with van der Waals surface area (Å²) in [7, 11) is 1.59. The average molecular weight is 244 g/mol. The Morgan fingerprint density at radius 2 is 2.12 bits per heavy atom. The molecule has 1 N–H and O–H groups in total. The Kier molecular flexibility index (Phi) is 4.80. The first kappa shape index (κ1) is 13.0. The summed E-state index contributed by atoms with van der Waals surface area (Å²) in [5, 5.41) is 3.17. The van der Waals surface area contributed by atoms with Crippen LogP contribution >= 0.6 is 11.6 Å². The van der Waals surface area contributed by atoms with Crippen LogP contribution in [0.1, 0.15) is 19.5 Å². The van der Waals surface area contributed by atoms with Gasteiger partial charge in [-0.1, -0.05) is 13.8 Å². The van der Waals surface area contributed by atoms with Gasteiger partial charge in [-0.15, -0.1) is 11.6 Å². The molecule has 5 heteroatoms. The maximum absolute atomic E-state index is 6.13. The number of ether oxygens (including phenoxy) is 1. The van der Waals surface area contributed by atoms with Crippen molar-refractivity contribution in [2.75, 3.05) is 19.0 Å². The van der Waals surface area contributed by atoms with Crippen molar-refractivity contribution in [1.82, 2.24) is 9.97 Å². The number of nitrogens with one attached hydrogen (secondary N) is 1. The highest BCUT2D eigenvalue weighted by molar-refractivity contribution is 6.21. The summed E-state index contributed by atoms with van der Waals surface area (Å²) in [6, 6.07) is 1.78. The molecule has 1 rings (SSSR count). The van der Waals surface area contributed by atoms with Gasteiger partial charge in [0.25, 0.3) is 0 Å². The lowest BCUT2D eigenvalue weighted by Crippen LogP contribution is -2.20. The van der Waals surface area contributed by atoms with Crippen LogP contribution in [0.25, 0.3) is 0 Å². The quantitative estimate of drug-likeness (QED) is 0.808. The molecular formula is C11H18ClN3O. The smallest absolute Gasteiger partial charge is 0.226 e. The molecule has 0 saturated heterocycles. The predicted molar refractivity (Wildman–Crippen MR) is 66.3 cm³/mol. The molecule has 16 heavy (non-hydrogen) atoms. The molecule has 1 aromatic heterocycles. The Morgan fingerprint density at radius 3 is 2.69 bits per heavy atom. The Hall–Kier alpha value is -1.03. The summed E-state index contributed by atoms with van der Waals surface area (Å²) in [5.74, 6) is 1.54. The molecule has 1 unspecified atom stereocenters. The van der Waals surface area contributed by atoms with E-state index < -0.39 is 0 Å². The summed E-state index contributed by atoms with van der Waals surface area (Å²) in [6.07, 6.45) is 0. The molecule has 0 aliphatic heterocycles. The molecule has 0 saturated carbocycles. The van der Waals surface area contributed by atoms with Crippen molar-refractivity contribution >= 4 is 17.5 Å². The number of aromatic nitrogens is 2. The van der Waals surface area contributed by atoms with E-state index in [1.165, 1.54) is 0 Å². The molecule has 0 bridgehead atoms. The molecule has 0 radical (unpaired) electrons. The summed E-state index contributed by atoms with van der Waals surface area (Å²) in [5.41, 5.74) is 0.866. The Labute approximate surface area is 101 Å². The molecule has 0 amide bonds. The van der Waals surface area contributed by atoms with Crippen LogP contribution in [0, 0.1) is 12.8 Å². The van der Waals surface area contributed by atoms with E-state index in [1.54, 1.807) is 13.2 Å². The Balaban J connectivity index is 2.63. The fourth-order valence-electron chi connectivity index (χ4n) is 1.15. The minimum atomic E-state index is 0.0649. The highest BCUT2D eigenvalue weighted by Gasteiger charge is 2.10. The predicted octanol–water partition coefficient (Wildman–Crippen LogP) is 2.47. The standard InChI is InChI=1S/C11H18ClN3O/c1-7(2)9(12)6-13-11-14-8(3)5-10(15-11)16-4/h5,7,9H,6H2,1-4H3,(H,13,14,15). The zero-order valence-electron chi connectivity index (χ0n) is 10.1. The normalized spacial score (nSPS) is 12.6. The van der Waals surface area contributed by atoms with Gasteiger partial charge in [0.05, 0.1) is 12.5 Å². The zero-order chi connectivity index (χ0) is 12.1. The zero-order valence-corrected chi connectivity index (χ0v) is 10.9. The molecule has 90 valence electrons. The maximum Gasteiger partial charge on any atom is 0.226 e. The van der Waals surface area contributed by atoms with Crippen LogP contribution in [0.2, 0.25) is 0 Å². The van der Waals surface area contributed by atoms with Crippen LogP contribution in [0.5, 0.6) is 5.88 Å². The monoisotopic (exact) mass is 243 g/mol. The lowest BCUT2D eigenvalue weighted by atomic mass is 10.1. The first-order chi connectivity index (χ1) is 7.52. The fraction of sp³-hybridized carbons (Fsp3) is 0.636. The van der Waals surface area contributed by atoms with Gasteiger partial charge in [-0.05, 0) is 12.8 Å². The van der Waals surface area contributed by atoms with Crippen LogP contribution in [0.3, 0.4) is 0 Å². The van der Waals surface area contributed by atoms with E-state index in [0.29, 0.717) is 24.3 Å². The van der Waals surface area contributed by atoms with Crippen molar-refractivity contribution in [3.05, 3.63) is 11.8 Å². The van der Waals surface area contributed by atoms with E-state index >= 15 is 0 Å². The summed E-state index contributed by atoms with van der Waals surface area (Å²) in [6.45, 7) is 6.70. The van der Waals surface area contributed by atoms with Gasteiger partial charge in [-0.2, -0.15) is 4.98 Å². The van der Waals surface area contributed by atoms with Gasteiger partial charge in [-0.25, -0.2) is 4.98 Å². The third-order valence-corrected chi connectivity index (χ3v) is 2.88. The van der Waals surface area contributed by atoms with Gasteiger partial charge >= 0.3 is 0 Å². The topological polar surface area (TPSA) is 47.0 Å². The molecule has 0 aliphatic rings. The third-order valence-electron chi connectivity index (χ3n) is 2.22. The second-order valence-electron chi connectivity index (χ2n) is 4.02. The molecule has 0 aliphatic carbocycles. The van der Waals surface area contributed by atoms with Crippen molar-refractivity contribution in [2.45, 2.75) is 26.1 Å². The molecule has 4 nitrogen and oxygen atoms in total. The van der Waals surface area contributed by atoms with Crippen molar-refractivity contribution in [3.8, 4) is 5.88 Å². The second kappa shape index (κ2) is 5.89. The van der Waals surface area contributed by atoms with Gasteiger partial charge in [0, 0.05) is 18.3 Å². The van der Waals surface area contributed by atoms with Crippen molar-refractivity contribution in [3.63, 3.8) is 0 Å². The minimum absolute atomic E-state index is 0.0649. The van der Waals surface area contributed by atoms with Crippen LogP contribution in [-0.4, -0.2) is 29.0 Å². The largest absolute Gasteiger partial charge is 0.481 e. The van der Waals surface area contributed by atoms with Gasteiger partial charge in [0.2, 0.25) is 11.8 Å². The SMILES string of the molecule is COc1cc(C)nc(NCC(Cl)C(C)C)n1. The number of nitrogens with zero attached hydrogens (tertiary/aromatic N) is 2. The first-order valence-corrected chi connectivity index (χ1v) is 5.74. The Bertz CT molecular complexity index is 344. The third kappa shape index (κ3) is 3.85. The van der Waals surface area contributed by atoms with Crippen molar-refractivity contribution < 1.29 is 4.74 Å². The van der Waals surface area contributed by atoms with E-state index in [0.717, 1.165) is 5.69 Å². The van der Waals surface area contributed by atoms with Gasteiger partial charge in [0.1, 0.15) is 0 Å². The number of halogens is 1. The number of alkyl halides is 1. The molecular weight excluding hydrogens is 226 g/mol. The fourth-order valence-corrected chi connectivity index (χ4v) is 1.22. The summed E-state index contributed by atoms with van der Waals surface area (Å²) in [4.78, 5) is 8.43. The Morgan fingerprint density at radius 1 is 1.44 bits per heavy atom. The number of methoxy groups -OCH3 is 1. The van der Waals surface area contributed by atoms with Crippen molar-refractivity contribution in [2.24, 2.45) is 5.92 Å². The lowest BCUT2D eigenvalue weighted by molar-refractivity contribution is 0.397. The average Bonchev–Trinajstić information content (AvgIpc) is 2.24. The van der Waals surface area contributed by atoms with Crippen LogP contribution in [0.4, 0.5) is 5.95 Å². The number of hydrogen-bond acceptors (Lipinski definition) is 4. The number of aryl methyl sites for hydroxylation is 1. The molecule has 1 heterocycles. The van der Waals surface area contributed by atoms with Gasteiger partial charge < -0.3 is 10.1 Å². The summed E-state index contributed by atoms with van der Waals surface area (Å²) < 4.78 is 5.07. The highest BCUT2D eigenvalue weighted by Crippen LogP contribution is 2.13. The van der Waals surface area contributed by atoms with Crippen LogP contribution in [-0.2, 0) is 0 Å². The lowest BCUT2D eigenvalue weighted by Gasteiger charge is -2.14. The maximum atomic E-state index is 6.13. The van der Waals surface area contributed by atoms with Crippen LogP contribution < -0.4 is 10.1 Å². The number of hydrogen-bond donors (Lipinski definition) is 1. The van der Waals surface area contributed by atoms with E-state index in [9.17, 15) is 0 Å². The summed E-state index contributed by atoms with van der Waals surface area (Å²) >= 11 is 6.13. The molecule has 1 atom stereocenters. The molecule has 0 aromatic carbocycles. The van der Waals surface area contributed by atoms with Gasteiger partial charge in [-0.3, -0.25) is 0 Å². The van der Waals surface area contributed by atoms with E-state index in [1.807, 2.05) is 6.92 Å². The van der Waals surface area contributed by atoms with Crippen LogP contribution in [0.15, 0.2) is 6.07 Å². The molecule has 0 spiro atoms.